The van der Waals surface area contributed by atoms with E-state index >= 15 is 0 Å². The van der Waals surface area contributed by atoms with Crippen LogP contribution in [0.2, 0.25) is 18.1 Å². The molecule has 8 rings (SSSR count). The van der Waals surface area contributed by atoms with Crippen LogP contribution in [0.3, 0.4) is 0 Å². The number of carbonyl (C=O) groups is 8. The third-order valence-electron chi connectivity index (χ3n) is 17.2. The van der Waals surface area contributed by atoms with Gasteiger partial charge in [0.15, 0.2) is 43.8 Å². The molecular weight excluding hydrogens is 1320 g/mol. The van der Waals surface area contributed by atoms with Gasteiger partial charge in [-0.05, 0) is 128 Å². The van der Waals surface area contributed by atoms with Gasteiger partial charge < -0.3 is 77.3 Å². The minimum absolute atomic E-state index is 0.00111. The van der Waals surface area contributed by atoms with Gasteiger partial charge in [-0.1, -0.05) is 43.8 Å². The Bertz CT molecular complexity index is 3730. The molecule has 0 unspecified atom stereocenters. The van der Waals surface area contributed by atoms with Gasteiger partial charge in [0.25, 0.3) is 23.6 Å². The average Bonchev–Trinajstić information content (AvgIpc) is 1.62. The fraction of sp³-hybridized carbons (Fsp3) is 0.534. The third-order valence-corrected chi connectivity index (χ3v) is 21.6. The number of hydrogen-bond donors (Lipinski definition) is 3. The number of anilines is 2. The number of amides is 8. The van der Waals surface area contributed by atoms with Gasteiger partial charge in [0, 0.05) is 68.2 Å². The van der Waals surface area contributed by atoms with Gasteiger partial charge in [-0.15, -0.1) is 0 Å². The van der Waals surface area contributed by atoms with E-state index in [0.29, 0.717) is 56.0 Å². The summed E-state index contributed by atoms with van der Waals surface area (Å²) in [5.41, 5.74) is 2.00. The highest BCUT2D eigenvalue weighted by molar-refractivity contribution is 6.74. The van der Waals surface area contributed by atoms with Crippen LogP contribution in [0.1, 0.15) is 139 Å². The lowest BCUT2D eigenvalue weighted by molar-refractivity contribution is -0.137. The first-order valence-electron chi connectivity index (χ1n) is 33.8. The van der Waals surface area contributed by atoms with Crippen LogP contribution in [0.5, 0.6) is 23.0 Å². The molecule has 0 aromatic heterocycles. The molecule has 0 aliphatic carbocycles. The third kappa shape index (κ3) is 20.5. The maximum atomic E-state index is 14.9. The van der Waals surface area contributed by atoms with Gasteiger partial charge in [-0.2, -0.15) is 0 Å². The van der Waals surface area contributed by atoms with Crippen molar-refractivity contribution in [2.75, 3.05) is 96.5 Å². The summed E-state index contributed by atoms with van der Waals surface area (Å²) in [7, 11) is 0.180. The van der Waals surface area contributed by atoms with Crippen molar-refractivity contribution >= 4 is 67.3 Å². The number of nitrogens with zero attached hydrogens (tertiary/aromatic N) is 5. The fourth-order valence-corrected chi connectivity index (χ4v) is 12.5. The lowest BCUT2D eigenvalue weighted by Gasteiger charge is -2.44. The SMILES string of the molecule is COc1cc2c(cc1OCc1cc(C#CCNC(=O)CCOCCOCCOCCOCCNC(=O)CCN3C(=O)C=CC3=O)cc(COc3cc4c(cc3OC)C(=O)N3C=C(C)C[C@H]3[C@H](O[Si](C)(C)C(C)(C)C)N4C(=O)OC(C)(C)C)c1)N(C(=O)OC(C)(C)C)[C@@H](O)[C@@H]1CC(C)=CN1C2=O. The zero-order valence-corrected chi connectivity index (χ0v) is 61.6. The second-order valence-corrected chi connectivity index (χ2v) is 33.3. The summed E-state index contributed by atoms with van der Waals surface area (Å²) in [5.74, 6) is 4.55. The zero-order valence-electron chi connectivity index (χ0n) is 60.6. The maximum Gasteiger partial charge on any atom is 0.417 e. The summed E-state index contributed by atoms with van der Waals surface area (Å²) >= 11 is 0. The zero-order chi connectivity index (χ0) is 73.7. The molecule has 0 fully saturated rings. The first-order chi connectivity index (χ1) is 47.7. The first kappa shape index (κ1) is 77.9. The molecule has 0 radical (unpaired) electrons. The van der Waals surface area contributed by atoms with Crippen LogP contribution in [0.15, 0.2) is 78.2 Å². The van der Waals surface area contributed by atoms with E-state index in [4.69, 9.17) is 51.8 Å². The number of ether oxygens (including phenoxy) is 10. The Balaban J connectivity index is 0.959. The van der Waals surface area contributed by atoms with Gasteiger partial charge in [-0.3, -0.25) is 33.7 Å². The lowest BCUT2D eigenvalue weighted by atomic mass is 10.1. The monoisotopic (exact) mass is 1420 g/mol. The Morgan fingerprint density at radius 3 is 1.55 bits per heavy atom. The van der Waals surface area contributed by atoms with Crippen LogP contribution in [-0.4, -0.2) is 198 Å². The van der Waals surface area contributed by atoms with Crippen molar-refractivity contribution in [2.45, 2.75) is 169 Å². The number of hydrogen-bond acceptors (Lipinski definition) is 20. The van der Waals surface area contributed by atoms with Crippen LogP contribution in [0, 0.1) is 11.8 Å². The molecule has 3 aromatic carbocycles. The number of methoxy groups -OCH3 is 2. The molecule has 548 valence electrons. The number of aliphatic hydroxyl groups excluding tert-OH is 1. The second kappa shape index (κ2) is 33.8. The van der Waals surface area contributed by atoms with E-state index in [9.17, 15) is 43.5 Å². The normalized spacial score (nSPS) is 18.2. The summed E-state index contributed by atoms with van der Waals surface area (Å²) < 4.78 is 66.3. The smallest absolute Gasteiger partial charge is 0.417 e. The van der Waals surface area contributed by atoms with Crippen LogP contribution >= 0.6 is 0 Å². The summed E-state index contributed by atoms with van der Waals surface area (Å²) in [6.45, 7) is 26.8. The topological polar surface area (TPSA) is 299 Å². The van der Waals surface area contributed by atoms with E-state index in [2.05, 4.69) is 56.3 Å². The average molecular weight is 1420 g/mol. The number of rotatable bonds is 29. The van der Waals surface area contributed by atoms with E-state index < -0.39 is 74.0 Å². The number of nitrogens with one attached hydrogen (secondary N) is 2. The number of benzene rings is 3. The van der Waals surface area contributed by atoms with Crippen LogP contribution in [0.25, 0.3) is 0 Å². The first-order valence-corrected chi connectivity index (χ1v) is 36.7. The molecule has 5 aliphatic heterocycles. The number of carbonyl (C=O) groups excluding carboxylic acids is 8. The Morgan fingerprint density at radius 1 is 0.584 bits per heavy atom. The molecule has 0 spiro atoms. The van der Waals surface area contributed by atoms with Crippen LogP contribution in [0.4, 0.5) is 21.0 Å². The molecule has 0 saturated carbocycles. The highest BCUT2D eigenvalue weighted by atomic mass is 28.4. The van der Waals surface area contributed by atoms with E-state index in [1.54, 1.807) is 83.1 Å². The largest absolute Gasteiger partial charge is 0.493 e. The minimum Gasteiger partial charge on any atom is -0.493 e. The Hall–Kier alpha value is -8.82. The summed E-state index contributed by atoms with van der Waals surface area (Å²) in [4.78, 5) is 113. The molecule has 27 nitrogen and oxygen atoms in total. The molecule has 5 aliphatic rings. The molecule has 101 heavy (non-hydrogen) atoms. The van der Waals surface area contributed by atoms with Crippen molar-refractivity contribution in [3.05, 3.63) is 106 Å². The fourth-order valence-electron chi connectivity index (χ4n) is 11.3. The molecule has 0 saturated heterocycles. The van der Waals surface area contributed by atoms with Crippen molar-refractivity contribution in [1.82, 2.24) is 25.3 Å². The van der Waals surface area contributed by atoms with Gasteiger partial charge in [0.2, 0.25) is 11.8 Å². The van der Waals surface area contributed by atoms with Gasteiger partial charge in [-0.25, -0.2) is 19.4 Å². The standard InChI is InChI=1S/C73H97N7O20Si/c1-46-33-55-67(87)79(69(88)98-71(3,4)5)53-40-59(57(90-12)38-51(53)65(85)77(55)42-46)96-44-49-35-48(17-16-22-74-62(82)21-25-92-27-29-94-31-32-95-30-28-93-26-23-75-61(81)20-24-76-63(83)18-19-64(76)84)36-50(37-49)45-97-60-41-54-52(39-58(60)91-13)66(86)78-43-47(2)34-56(78)68(100-101(14,15)73(9,10)11)80(54)70(89)99-72(6,7)8/h18-19,35-43,55-56,67-68,87H,20-34,44-45H2,1-15H3,(H,74,82)(H,75,81)/t55-,56-,67-,68-/m0/s1. The molecule has 4 atom stereocenters. The number of fused-ring (bicyclic) bond motifs is 4. The van der Waals surface area contributed by atoms with Crippen molar-refractivity contribution in [3.63, 3.8) is 0 Å². The molecule has 3 aromatic rings. The highest BCUT2D eigenvalue weighted by Crippen LogP contribution is 2.47. The Labute approximate surface area is 591 Å². The predicted molar refractivity (Wildman–Crippen MR) is 375 cm³/mol. The summed E-state index contributed by atoms with van der Waals surface area (Å²) in [6, 6.07) is 10.1. The van der Waals surface area contributed by atoms with Gasteiger partial charge >= 0.3 is 12.2 Å². The molecular formula is C73H97N7O20Si. The number of imide groups is 1. The molecule has 28 heteroatoms. The highest BCUT2D eigenvalue weighted by Gasteiger charge is 2.52. The molecule has 5 heterocycles. The van der Waals surface area contributed by atoms with Gasteiger partial charge in [0.05, 0.1) is 108 Å². The number of aliphatic hydroxyl groups is 1. The Morgan fingerprint density at radius 2 is 1.05 bits per heavy atom. The van der Waals surface area contributed by atoms with Crippen LogP contribution < -0.4 is 39.4 Å². The van der Waals surface area contributed by atoms with Crippen LogP contribution in [-0.2, 0) is 65.2 Å². The van der Waals surface area contributed by atoms with Crippen molar-refractivity contribution in [3.8, 4) is 34.8 Å². The van der Waals surface area contributed by atoms with Gasteiger partial charge in [0.1, 0.15) is 24.4 Å². The lowest BCUT2D eigenvalue weighted by Crippen LogP contribution is -2.58. The van der Waals surface area contributed by atoms with E-state index in [1.807, 2.05) is 19.9 Å². The summed E-state index contributed by atoms with van der Waals surface area (Å²) in [6.07, 6.45) is 2.54. The summed E-state index contributed by atoms with van der Waals surface area (Å²) in [5, 5.41) is 17.2. The second-order valence-electron chi connectivity index (χ2n) is 28.5. The molecule has 8 amide bonds. The quantitative estimate of drug-likeness (QED) is 0.0253. The van der Waals surface area contributed by atoms with Crippen molar-refractivity contribution < 1.29 is 95.3 Å². The predicted octanol–water partition coefficient (Wildman–Crippen LogP) is 8.63. The van der Waals surface area contributed by atoms with Crippen molar-refractivity contribution in [2.24, 2.45) is 0 Å². The van der Waals surface area contributed by atoms with E-state index in [1.165, 1.54) is 48.3 Å². The Kier molecular flexibility index (Phi) is 26.0. The molecule has 3 N–H and O–H groups in total. The van der Waals surface area contributed by atoms with E-state index in [0.717, 1.165) is 20.9 Å². The minimum atomic E-state index is -2.69. The van der Waals surface area contributed by atoms with E-state index in [-0.39, 0.29) is 140 Å². The molecule has 0 bridgehead atoms. The maximum absolute atomic E-state index is 14.9. The van der Waals surface area contributed by atoms with Crippen molar-refractivity contribution in [1.29, 1.82) is 0 Å².